The number of methoxy groups -OCH3 is 1. The molecule has 1 unspecified atom stereocenters. The summed E-state index contributed by atoms with van der Waals surface area (Å²) < 4.78 is 11.7. The fourth-order valence-corrected chi connectivity index (χ4v) is 2.18. The van der Waals surface area contributed by atoms with Crippen molar-refractivity contribution >= 4 is 21.6 Å². The predicted molar refractivity (Wildman–Crippen MR) is 68.2 cm³/mol. The number of hydrogen-bond donors (Lipinski definition) is 1. The molecule has 0 aromatic heterocycles. The Kier molecular flexibility index (Phi) is 4.07. The number of hydrogen-bond acceptors (Lipinski definition) is 3. The van der Waals surface area contributed by atoms with Crippen molar-refractivity contribution < 1.29 is 9.47 Å². The first-order chi connectivity index (χ1) is 7.79. The monoisotopic (exact) mass is 285 g/mol. The van der Waals surface area contributed by atoms with Gasteiger partial charge in [0.1, 0.15) is 5.75 Å². The maximum absolute atomic E-state index is 5.44. The van der Waals surface area contributed by atoms with E-state index in [-0.39, 0.29) is 0 Å². The Bertz CT molecular complexity index is 351. The molecule has 0 aliphatic carbocycles. The molecule has 1 aromatic rings. The standard InChI is InChI=1S/C12H16BrNO2/c1-15-10-4-5-11(13)12(7-10)14-9-3-2-6-16-8-9/h4-5,7,9,14H,2-3,6,8H2,1H3. The van der Waals surface area contributed by atoms with E-state index in [9.17, 15) is 0 Å². The lowest BCUT2D eigenvalue weighted by molar-refractivity contribution is 0.0876. The van der Waals surface area contributed by atoms with Crippen LogP contribution in [0.1, 0.15) is 12.8 Å². The van der Waals surface area contributed by atoms with E-state index in [1.807, 2.05) is 18.2 Å². The first-order valence-electron chi connectivity index (χ1n) is 5.47. The molecular weight excluding hydrogens is 270 g/mol. The first kappa shape index (κ1) is 11.7. The van der Waals surface area contributed by atoms with Gasteiger partial charge in [-0.3, -0.25) is 0 Å². The van der Waals surface area contributed by atoms with E-state index in [2.05, 4.69) is 21.2 Å². The van der Waals surface area contributed by atoms with Gasteiger partial charge in [0.15, 0.2) is 0 Å². The summed E-state index contributed by atoms with van der Waals surface area (Å²) in [5.41, 5.74) is 1.06. The van der Waals surface area contributed by atoms with Crippen molar-refractivity contribution in [2.45, 2.75) is 18.9 Å². The molecule has 0 spiro atoms. The second kappa shape index (κ2) is 5.55. The van der Waals surface area contributed by atoms with Crippen molar-refractivity contribution in [3.63, 3.8) is 0 Å². The van der Waals surface area contributed by atoms with Crippen LogP contribution in [0.2, 0.25) is 0 Å². The minimum atomic E-state index is 0.400. The van der Waals surface area contributed by atoms with Gasteiger partial charge in [-0.25, -0.2) is 0 Å². The Morgan fingerprint density at radius 2 is 2.38 bits per heavy atom. The van der Waals surface area contributed by atoms with E-state index >= 15 is 0 Å². The summed E-state index contributed by atoms with van der Waals surface area (Å²) >= 11 is 3.53. The van der Waals surface area contributed by atoms with Gasteiger partial charge in [-0.15, -0.1) is 0 Å². The molecule has 88 valence electrons. The van der Waals surface area contributed by atoms with Crippen molar-refractivity contribution in [2.24, 2.45) is 0 Å². The summed E-state index contributed by atoms with van der Waals surface area (Å²) in [5.74, 6) is 0.863. The highest BCUT2D eigenvalue weighted by atomic mass is 79.9. The Morgan fingerprint density at radius 3 is 3.06 bits per heavy atom. The highest BCUT2D eigenvalue weighted by Crippen LogP contribution is 2.28. The maximum Gasteiger partial charge on any atom is 0.121 e. The van der Waals surface area contributed by atoms with E-state index in [4.69, 9.17) is 9.47 Å². The van der Waals surface area contributed by atoms with Crippen LogP contribution < -0.4 is 10.1 Å². The van der Waals surface area contributed by atoms with E-state index in [0.717, 1.165) is 42.0 Å². The molecular formula is C12H16BrNO2. The van der Waals surface area contributed by atoms with Gasteiger partial charge in [-0.2, -0.15) is 0 Å². The molecule has 16 heavy (non-hydrogen) atoms. The van der Waals surface area contributed by atoms with Crippen LogP contribution in [0.5, 0.6) is 5.75 Å². The topological polar surface area (TPSA) is 30.5 Å². The molecule has 0 amide bonds. The average Bonchev–Trinajstić information content (AvgIpc) is 2.33. The molecule has 4 heteroatoms. The molecule has 1 aromatic carbocycles. The molecule has 0 saturated carbocycles. The van der Waals surface area contributed by atoms with Gasteiger partial charge in [0.2, 0.25) is 0 Å². The van der Waals surface area contributed by atoms with E-state index in [0.29, 0.717) is 6.04 Å². The van der Waals surface area contributed by atoms with Crippen LogP contribution in [0.15, 0.2) is 22.7 Å². The summed E-state index contributed by atoms with van der Waals surface area (Å²) in [6, 6.07) is 6.33. The normalized spacial score (nSPS) is 20.5. The predicted octanol–water partition coefficient (Wildman–Crippen LogP) is 3.05. The molecule has 0 bridgehead atoms. The second-order valence-corrected chi connectivity index (χ2v) is 4.76. The van der Waals surface area contributed by atoms with Crippen LogP contribution >= 0.6 is 15.9 Å². The minimum absolute atomic E-state index is 0.400. The lowest BCUT2D eigenvalue weighted by Gasteiger charge is -2.24. The molecule has 1 saturated heterocycles. The average molecular weight is 286 g/mol. The molecule has 1 fully saturated rings. The van der Waals surface area contributed by atoms with E-state index in [1.165, 1.54) is 0 Å². The Morgan fingerprint density at radius 1 is 1.50 bits per heavy atom. The summed E-state index contributed by atoms with van der Waals surface area (Å²) in [5, 5.41) is 3.47. The third-order valence-corrected chi connectivity index (χ3v) is 3.38. The third-order valence-electron chi connectivity index (χ3n) is 2.69. The molecule has 1 atom stereocenters. The summed E-state index contributed by atoms with van der Waals surface area (Å²) in [6.45, 7) is 1.67. The maximum atomic E-state index is 5.44. The van der Waals surface area contributed by atoms with E-state index < -0.39 is 0 Å². The largest absolute Gasteiger partial charge is 0.497 e. The quantitative estimate of drug-likeness (QED) is 0.926. The van der Waals surface area contributed by atoms with Crippen LogP contribution in [0, 0.1) is 0 Å². The van der Waals surface area contributed by atoms with E-state index in [1.54, 1.807) is 7.11 Å². The van der Waals surface area contributed by atoms with Crippen molar-refractivity contribution in [2.75, 3.05) is 25.6 Å². The zero-order valence-electron chi connectivity index (χ0n) is 9.33. The van der Waals surface area contributed by atoms with Gasteiger partial charge < -0.3 is 14.8 Å². The number of benzene rings is 1. The summed E-state index contributed by atoms with van der Waals surface area (Å²) in [6.07, 6.45) is 2.28. The van der Waals surface area contributed by atoms with Gasteiger partial charge >= 0.3 is 0 Å². The highest BCUT2D eigenvalue weighted by molar-refractivity contribution is 9.10. The number of nitrogens with one attached hydrogen (secondary N) is 1. The Labute approximate surface area is 104 Å². The third kappa shape index (κ3) is 2.89. The molecule has 1 N–H and O–H groups in total. The SMILES string of the molecule is COc1ccc(Br)c(NC2CCCOC2)c1. The highest BCUT2D eigenvalue weighted by Gasteiger charge is 2.14. The first-order valence-corrected chi connectivity index (χ1v) is 6.26. The van der Waals surface area contributed by atoms with Crippen LogP contribution in [-0.4, -0.2) is 26.4 Å². The van der Waals surface area contributed by atoms with Crippen molar-refractivity contribution in [3.8, 4) is 5.75 Å². The molecule has 1 heterocycles. The lowest BCUT2D eigenvalue weighted by Crippen LogP contribution is -2.30. The van der Waals surface area contributed by atoms with Gasteiger partial charge in [-0.05, 0) is 40.9 Å². The fourth-order valence-electron chi connectivity index (χ4n) is 1.82. The van der Waals surface area contributed by atoms with Crippen LogP contribution in [0.25, 0.3) is 0 Å². The van der Waals surface area contributed by atoms with Crippen LogP contribution in [0.3, 0.4) is 0 Å². The molecule has 3 nitrogen and oxygen atoms in total. The zero-order chi connectivity index (χ0) is 11.4. The van der Waals surface area contributed by atoms with Gasteiger partial charge in [0.25, 0.3) is 0 Å². The van der Waals surface area contributed by atoms with Crippen molar-refractivity contribution in [3.05, 3.63) is 22.7 Å². The van der Waals surface area contributed by atoms with Gasteiger partial charge in [-0.1, -0.05) is 0 Å². The Hall–Kier alpha value is -0.740. The number of rotatable bonds is 3. The summed E-state index contributed by atoms with van der Waals surface area (Å²) in [7, 11) is 1.68. The van der Waals surface area contributed by atoms with Crippen molar-refractivity contribution in [1.29, 1.82) is 0 Å². The van der Waals surface area contributed by atoms with Gasteiger partial charge in [0.05, 0.1) is 19.4 Å². The number of ether oxygens (including phenoxy) is 2. The second-order valence-electron chi connectivity index (χ2n) is 3.90. The summed E-state index contributed by atoms with van der Waals surface area (Å²) in [4.78, 5) is 0. The number of anilines is 1. The molecule has 0 radical (unpaired) electrons. The molecule has 1 aliphatic heterocycles. The van der Waals surface area contributed by atoms with Gasteiger partial charge in [0, 0.05) is 23.2 Å². The fraction of sp³-hybridized carbons (Fsp3) is 0.500. The molecule has 1 aliphatic rings. The van der Waals surface area contributed by atoms with Crippen LogP contribution in [0.4, 0.5) is 5.69 Å². The smallest absolute Gasteiger partial charge is 0.121 e. The Balaban J connectivity index is 2.06. The zero-order valence-corrected chi connectivity index (χ0v) is 10.9. The number of halogens is 1. The minimum Gasteiger partial charge on any atom is -0.497 e. The lowest BCUT2D eigenvalue weighted by atomic mass is 10.1. The van der Waals surface area contributed by atoms with Crippen molar-refractivity contribution in [1.82, 2.24) is 0 Å². The molecule has 2 rings (SSSR count). The van der Waals surface area contributed by atoms with Crippen LogP contribution in [-0.2, 0) is 4.74 Å².